The number of imide groups is 1. The quantitative estimate of drug-likeness (QED) is 0.322. The fourth-order valence-corrected chi connectivity index (χ4v) is 2.05. The van der Waals surface area contributed by atoms with Crippen LogP contribution < -0.4 is 5.32 Å². The molecule has 9 heteroatoms. The Morgan fingerprint density at radius 2 is 1.72 bits per heavy atom. The molecule has 1 aliphatic heterocycles. The van der Waals surface area contributed by atoms with Gasteiger partial charge in [-0.15, -0.1) is 5.06 Å². The Labute approximate surface area is 146 Å². The van der Waals surface area contributed by atoms with Crippen molar-refractivity contribution in [1.82, 2.24) is 10.4 Å². The molecule has 0 atom stereocenters. The van der Waals surface area contributed by atoms with Crippen LogP contribution in [0, 0.1) is 0 Å². The Bertz CT molecular complexity index is 501. The molecule has 9 nitrogen and oxygen atoms in total. The number of hydrogen-bond donors (Lipinski definition) is 1. The maximum absolute atomic E-state index is 12.0. The van der Waals surface area contributed by atoms with Gasteiger partial charge in [-0.3, -0.25) is 14.4 Å². The molecule has 0 aromatic carbocycles. The summed E-state index contributed by atoms with van der Waals surface area (Å²) in [4.78, 5) is 49.9. The van der Waals surface area contributed by atoms with Gasteiger partial charge in [-0.25, -0.2) is 4.79 Å². The summed E-state index contributed by atoms with van der Waals surface area (Å²) in [6.07, 6.45) is 0.567. The molecule has 0 bridgehead atoms. The molecule has 0 aromatic rings. The fourth-order valence-electron chi connectivity index (χ4n) is 2.05. The van der Waals surface area contributed by atoms with Crippen LogP contribution in [0.2, 0.25) is 0 Å². The number of amides is 3. The third-order valence-corrected chi connectivity index (χ3v) is 3.40. The predicted octanol–water partition coefficient (Wildman–Crippen LogP) is 0.320. The number of nitrogens with zero attached hydrogens (tertiary/aromatic N) is 1. The molecule has 1 saturated heterocycles. The van der Waals surface area contributed by atoms with Crippen molar-refractivity contribution in [3.63, 3.8) is 0 Å². The van der Waals surface area contributed by atoms with Gasteiger partial charge in [0, 0.05) is 19.4 Å². The summed E-state index contributed by atoms with van der Waals surface area (Å²) in [6.45, 7) is 7.97. The Hall–Kier alpha value is -2.00. The van der Waals surface area contributed by atoms with E-state index in [0.717, 1.165) is 0 Å². The summed E-state index contributed by atoms with van der Waals surface area (Å²) in [6, 6.07) is 0. The van der Waals surface area contributed by atoms with Crippen molar-refractivity contribution in [2.75, 3.05) is 19.8 Å². The van der Waals surface area contributed by atoms with E-state index in [0.29, 0.717) is 24.6 Å². The van der Waals surface area contributed by atoms with Gasteiger partial charge in [0.2, 0.25) is 6.41 Å². The van der Waals surface area contributed by atoms with Crippen molar-refractivity contribution < 1.29 is 33.5 Å². The molecule has 1 heterocycles. The summed E-state index contributed by atoms with van der Waals surface area (Å²) < 4.78 is 11.3. The lowest BCUT2D eigenvalue weighted by Crippen LogP contribution is -2.40. The Balaban J connectivity index is 2.41. The van der Waals surface area contributed by atoms with Gasteiger partial charge in [-0.1, -0.05) is 0 Å². The first-order valence-electron chi connectivity index (χ1n) is 8.08. The molecule has 3 amide bonds. The van der Waals surface area contributed by atoms with Gasteiger partial charge in [0.1, 0.15) is 0 Å². The standard InChI is InChI=1S/C16H26N2O7/c1-15(2,24-10-16(3,4)23-8-7-17-11-19)9-14(22)25-18-12(20)5-6-13(18)21/h11H,5-10H2,1-4H3,(H,17,19). The van der Waals surface area contributed by atoms with Gasteiger partial charge < -0.3 is 19.6 Å². The summed E-state index contributed by atoms with van der Waals surface area (Å²) >= 11 is 0. The van der Waals surface area contributed by atoms with Gasteiger partial charge in [-0.2, -0.15) is 0 Å². The zero-order chi connectivity index (χ0) is 19.1. The summed E-state index contributed by atoms with van der Waals surface area (Å²) in [7, 11) is 0. The SMILES string of the molecule is CC(C)(COC(C)(C)CC(=O)ON1C(=O)CCC1=O)OCCNC=O. The molecule has 142 valence electrons. The normalized spacial score (nSPS) is 15.4. The molecular formula is C16H26N2O7. The molecule has 25 heavy (non-hydrogen) atoms. The predicted molar refractivity (Wildman–Crippen MR) is 85.9 cm³/mol. The highest BCUT2D eigenvalue weighted by Crippen LogP contribution is 2.21. The lowest BCUT2D eigenvalue weighted by atomic mass is 10.0. The van der Waals surface area contributed by atoms with Crippen LogP contribution in [0.1, 0.15) is 47.0 Å². The number of hydroxylamine groups is 2. The Morgan fingerprint density at radius 1 is 1.12 bits per heavy atom. The first-order chi connectivity index (χ1) is 11.6. The maximum Gasteiger partial charge on any atom is 0.336 e. The van der Waals surface area contributed by atoms with Crippen molar-refractivity contribution >= 4 is 24.2 Å². The van der Waals surface area contributed by atoms with Gasteiger partial charge in [0.05, 0.1) is 30.8 Å². The number of hydrogen-bond acceptors (Lipinski definition) is 7. The first kappa shape index (κ1) is 21.0. The van der Waals surface area contributed by atoms with Crippen molar-refractivity contribution in [3.8, 4) is 0 Å². The van der Waals surface area contributed by atoms with Crippen LogP contribution in [0.4, 0.5) is 0 Å². The summed E-state index contributed by atoms with van der Waals surface area (Å²) in [5.74, 6) is -1.76. The lowest BCUT2D eigenvalue weighted by molar-refractivity contribution is -0.202. The van der Waals surface area contributed by atoms with E-state index in [9.17, 15) is 19.2 Å². The first-order valence-corrected chi connectivity index (χ1v) is 8.08. The molecule has 0 saturated carbocycles. The minimum absolute atomic E-state index is 0.0521. The van der Waals surface area contributed by atoms with E-state index < -0.39 is 29.0 Å². The topological polar surface area (TPSA) is 111 Å². The molecule has 0 aromatic heterocycles. The number of carbonyl (C=O) groups is 4. The van der Waals surface area contributed by atoms with E-state index in [-0.39, 0.29) is 25.9 Å². The number of ether oxygens (including phenoxy) is 2. The van der Waals surface area contributed by atoms with Crippen molar-refractivity contribution in [1.29, 1.82) is 0 Å². The summed E-state index contributed by atoms with van der Waals surface area (Å²) in [5, 5.41) is 3.01. The minimum Gasteiger partial charge on any atom is -0.372 e. The van der Waals surface area contributed by atoms with Crippen LogP contribution >= 0.6 is 0 Å². The van der Waals surface area contributed by atoms with E-state index in [1.807, 2.05) is 13.8 Å². The van der Waals surface area contributed by atoms with Crippen molar-refractivity contribution in [3.05, 3.63) is 0 Å². The smallest absolute Gasteiger partial charge is 0.336 e. The fraction of sp³-hybridized carbons (Fsp3) is 0.750. The van der Waals surface area contributed by atoms with E-state index in [2.05, 4.69) is 5.32 Å². The monoisotopic (exact) mass is 358 g/mol. The molecule has 0 radical (unpaired) electrons. The summed E-state index contributed by atoms with van der Waals surface area (Å²) in [5.41, 5.74) is -1.49. The van der Waals surface area contributed by atoms with Crippen LogP contribution in [0.25, 0.3) is 0 Å². The highest BCUT2D eigenvalue weighted by molar-refractivity contribution is 6.01. The van der Waals surface area contributed by atoms with Gasteiger partial charge in [0.15, 0.2) is 0 Å². The average molecular weight is 358 g/mol. The van der Waals surface area contributed by atoms with E-state index in [1.54, 1.807) is 13.8 Å². The van der Waals surface area contributed by atoms with Crippen LogP contribution in [0.3, 0.4) is 0 Å². The largest absolute Gasteiger partial charge is 0.372 e. The lowest BCUT2D eigenvalue weighted by Gasteiger charge is -2.31. The molecule has 1 fully saturated rings. The number of rotatable bonds is 11. The minimum atomic E-state index is -0.870. The second-order valence-corrected chi connectivity index (χ2v) is 6.95. The number of carbonyl (C=O) groups excluding carboxylic acids is 4. The molecule has 0 unspecified atom stereocenters. The van der Waals surface area contributed by atoms with Crippen molar-refractivity contribution in [2.45, 2.75) is 58.2 Å². The Kier molecular flexibility index (Phi) is 7.50. The van der Waals surface area contributed by atoms with E-state index in [4.69, 9.17) is 14.3 Å². The number of nitrogens with one attached hydrogen (secondary N) is 1. The highest BCUT2D eigenvalue weighted by atomic mass is 16.7. The van der Waals surface area contributed by atoms with Crippen LogP contribution in [0.5, 0.6) is 0 Å². The zero-order valence-corrected chi connectivity index (χ0v) is 15.1. The Morgan fingerprint density at radius 3 is 2.28 bits per heavy atom. The van der Waals surface area contributed by atoms with Crippen molar-refractivity contribution in [2.24, 2.45) is 0 Å². The average Bonchev–Trinajstić information content (AvgIpc) is 2.81. The second-order valence-electron chi connectivity index (χ2n) is 6.95. The van der Waals surface area contributed by atoms with Crippen LogP contribution in [-0.4, -0.2) is 60.2 Å². The molecule has 1 aliphatic rings. The molecule has 0 spiro atoms. The second kappa shape index (κ2) is 8.91. The maximum atomic E-state index is 12.0. The van der Waals surface area contributed by atoms with E-state index >= 15 is 0 Å². The van der Waals surface area contributed by atoms with Gasteiger partial charge in [0.25, 0.3) is 11.8 Å². The van der Waals surface area contributed by atoms with Crippen LogP contribution in [-0.2, 0) is 33.5 Å². The third-order valence-electron chi connectivity index (χ3n) is 3.40. The molecule has 1 rings (SSSR count). The molecule has 1 N–H and O–H groups in total. The molecule has 0 aliphatic carbocycles. The van der Waals surface area contributed by atoms with E-state index in [1.165, 1.54) is 0 Å². The third kappa shape index (κ3) is 7.61. The van der Waals surface area contributed by atoms with Gasteiger partial charge in [-0.05, 0) is 27.7 Å². The zero-order valence-electron chi connectivity index (χ0n) is 15.1. The van der Waals surface area contributed by atoms with Crippen LogP contribution in [0.15, 0.2) is 0 Å². The van der Waals surface area contributed by atoms with Gasteiger partial charge >= 0.3 is 5.97 Å². The molecular weight excluding hydrogens is 332 g/mol. The highest BCUT2D eigenvalue weighted by Gasteiger charge is 2.35.